The smallest absolute Gasteiger partial charge is 0.219 e. The number of aromatic nitrogens is 3. The minimum absolute atomic E-state index is 0.145. The number of amides is 1. The normalized spacial score (nSPS) is 18.3. The first-order chi connectivity index (χ1) is 10.9. The van der Waals surface area contributed by atoms with Crippen LogP contribution in [0.15, 0.2) is 6.07 Å². The minimum Gasteiger partial charge on any atom is -0.342 e. The summed E-state index contributed by atoms with van der Waals surface area (Å²) in [6.07, 6.45) is 2.09. The van der Waals surface area contributed by atoms with Crippen molar-refractivity contribution in [2.24, 2.45) is 0 Å². The summed E-state index contributed by atoms with van der Waals surface area (Å²) in [7, 11) is 0. The van der Waals surface area contributed by atoms with Gasteiger partial charge in [0.25, 0.3) is 0 Å². The van der Waals surface area contributed by atoms with Crippen molar-refractivity contribution in [3.8, 4) is 10.7 Å². The Labute approximate surface area is 140 Å². The van der Waals surface area contributed by atoms with E-state index in [2.05, 4.69) is 27.9 Å². The number of thiazole rings is 1. The highest BCUT2D eigenvalue weighted by Crippen LogP contribution is 2.30. The zero-order valence-corrected chi connectivity index (χ0v) is 14.9. The lowest BCUT2D eigenvalue weighted by molar-refractivity contribution is -0.130. The number of rotatable bonds is 2. The van der Waals surface area contributed by atoms with Gasteiger partial charge in [0.15, 0.2) is 0 Å². The number of carbonyl (C=O) groups is 1. The second-order valence-electron chi connectivity index (χ2n) is 6.19. The van der Waals surface area contributed by atoms with E-state index in [1.54, 1.807) is 18.3 Å². The van der Waals surface area contributed by atoms with Crippen LogP contribution in [-0.2, 0) is 4.79 Å². The van der Waals surface area contributed by atoms with E-state index in [4.69, 9.17) is 0 Å². The molecule has 1 atom stereocenters. The van der Waals surface area contributed by atoms with Crippen LogP contribution in [0.2, 0.25) is 0 Å². The first kappa shape index (κ1) is 16.1. The van der Waals surface area contributed by atoms with Crippen LogP contribution >= 0.6 is 11.3 Å². The van der Waals surface area contributed by atoms with E-state index >= 15 is 0 Å². The fourth-order valence-corrected chi connectivity index (χ4v) is 3.87. The van der Waals surface area contributed by atoms with Crippen LogP contribution in [0.4, 0.5) is 0 Å². The van der Waals surface area contributed by atoms with Crippen molar-refractivity contribution < 1.29 is 4.79 Å². The summed E-state index contributed by atoms with van der Waals surface area (Å²) >= 11 is 1.67. The molecule has 5 nitrogen and oxygen atoms in total. The predicted octanol–water partition coefficient (Wildman–Crippen LogP) is 3.25. The van der Waals surface area contributed by atoms with Crippen LogP contribution in [0.1, 0.15) is 47.8 Å². The lowest BCUT2D eigenvalue weighted by Crippen LogP contribution is -2.37. The first-order valence-corrected chi connectivity index (χ1v) is 8.81. The van der Waals surface area contributed by atoms with Crippen LogP contribution in [0.25, 0.3) is 10.7 Å². The Bertz CT molecular complexity index is 721. The summed E-state index contributed by atoms with van der Waals surface area (Å²) < 4.78 is 0. The fraction of sp³-hybridized carbons (Fsp3) is 0.529. The number of nitrogens with zero attached hydrogens (tertiary/aromatic N) is 4. The Hall–Kier alpha value is -1.82. The van der Waals surface area contributed by atoms with Gasteiger partial charge in [-0.3, -0.25) is 4.79 Å². The van der Waals surface area contributed by atoms with E-state index in [1.807, 2.05) is 18.7 Å². The molecule has 1 saturated heterocycles. The highest BCUT2D eigenvalue weighted by Gasteiger charge is 2.25. The summed E-state index contributed by atoms with van der Waals surface area (Å²) in [6.45, 7) is 9.27. The van der Waals surface area contributed by atoms with Crippen molar-refractivity contribution in [2.45, 2.75) is 46.5 Å². The maximum absolute atomic E-state index is 11.7. The van der Waals surface area contributed by atoms with E-state index in [0.29, 0.717) is 0 Å². The second-order valence-corrected chi connectivity index (χ2v) is 7.39. The van der Waals surface area contributed by atoms with Crippen molar-refractivity contribution in [3.63, 3.8) is 0 Å². The van der Waals surface area contributed by atoms with Crippen LogP contribution in [0, 0.1) is 20.8 Å². The second kappa shape index (κ2) is 6.35. The predicted molar refractivity (Wildman–Crippen MR) is 91.6 cm³/mol. The molecule has 1 aliphatic heterocycles. The number of carbonyl (C=O) groups excluding carboxylic acids is 1. The largest absolute Gasteiger partial charge is 0.342 e. The van der Waals surface area contributed by atoms with Gasteiger partial charge in [-0.05, 0) is 39.7 Å². The molecule has 1 unspecified atom stereocenters. The fourth-order valence-electron chi connectivity index (χ4n) is 3.00. The number of likely N-dealkylation sites (tertiary alicyclic amines) is 1. The molecule has 122 valence electrons. The molecule has 1 amide bonds. The van der Waals surface area contributed by atoms with Crippen molar-refractivity contribution in [1.82, 2.24) is 19.9 Å². The minimum atomic E-state index is 0.145. The van der Waals surface area contributed by atoms with Gasteiger partial charge in [0.05, 0.1) is 5.69 Å². The Morgan fingerprint density at radius 1 is 1.26 bits per heavy atom. The molecule has 0 radical (unpaired) electrons. The van der Waals surface area contributed by atoms with Crippen LogP contribution < -0.4 is 0 Å². The van der Waals surface area contributed by atoms with E-state index in [0.717, 1.165) is 53.8 Å². The van der Waals surface area contributed by atoms with E-state index in [1.165, 1.54) is 4.88 Å². The van der Waals surface area contributed by atoms with Gasteiger partial charge in [-0.2, -0.15) is 0 Å². The summed E-state index contributed by atoms with van der Waals surface area (Å²) in [5, 5.41) is 0.950. The number of aryl methyl sites for hydroxylation is 3. The Morgan fingerprint density at radius 3 is 2.70 bits per heavy atom. The van der Waals surface area contributed by atoms with Crippen molar-refractivity contribution in [2.75, 3.05) is 13.1 Å². The standard InChI is InChI=1S/C17H22N4OS/c1-10-11(2)23-17(18-10)16-8-15(19-12(3)20-16)14-6-5-7-21(9-14)13(4)22/h8,14H,5-7,9H2,1-4H3. The average molecular weight is 330 g/mol. The van der Waals surface area contributed by atoms with E-state index in [-0.39, 0.29) is 11.8 Å². The quantitative estimate of drug-likeness (QED) is 0.848. The van der Waals surface area contributed by atoms with Gasteiger partial charge < -0.3 is 4.90 Å². The number of hydrogen-bond donors (Lipinski definition) is 0. The van der Waals surface area contributed by atoms with Crippen molar-refractivity contribution >= 4 is 17.2 Å². The molecule has 0 aliphatic carbocycles. The highest BCUT2D eigenvalue weighted by atomic mass is 32.1. The molecule has 0 aromatic carbocycles. The zero-order valence-electron chi connectivity index (χ0n) is 14.1. The summed E-state index contributed by atoms with van der Waals surface area (Å²) in [4.78, 5) is 28.6. The SMILES string of the molecule is CC(=O)N1CCCC(c2cc(-c3nc(C)c(C)s3)nc(C)n2)C1. The monoisotopic (exact) mass is 330 g/mol. The van der Waals surface area contributed by atoms with Gasteiger partial charge >= 0.3 is 0 Å². The van der Waals surface area contributed by atoms with Gasteiger partial charge in [0.1, 0.15) is 16.5 Å². The molecule has 0 spiro atoms. The lowest BCUT2D eigenvalue weighted by atomic mass is 9.94. The van der Waals surface area contributed by atoms with E-state index < -0.39 is 0 Å². The Kier molecular flexibility index (Phi) is 4.43. The van der Waals surface area contributed by atoms with Gasteiger partial charge in [-0.1, -0.05) is 0 Å². The van der Waals surface area contributed by atoms with Crippen molar-refractivity contribution in [3.05, 3.63) is 28.2 Å². The van der Waals surface area contributed by atoms with Gasteiger partial charge in [0, 0.05) is 36.5 Å². The van der Waals surface area contributed by atoms with E-state index in [9.17, 15) is 4.79 Å². The van der Waals surface area contributed by atoms with Crippen molar-refractivity contribution in [1.29, 1.82) is 0 Å². The first-order valence-electron chi connectivity index (χ1n) is 7.99. The summed E-state index contributed by atoms with van der Waals surface area (Å²) in [5.41, 5.74) is 2.99. The maximum atomic E-state index is 11.7. The Balaban J connectivity index is 1.92. The third-order valence-corrected chi connectivity index (χ3v) is 5.49. The molecule has 0 bridgehead atoms. The molecule has 1 fully saturated rings. The van der Waals surface area contributed by atoms with Crippen LogP contribution in [0.5, 0.6) is 0 Å². The number of hydrogen-bond acceptors (Lipinski definition) is 5. The molecular weight excluding hydrogens is 308 g/mol. The Morgan fingerprint density at radius 2 is 2.04 bits per heavy atom. The van der Waals surface area contributed by atoms with Crippen LogP contribution in [0.3, 0.4) is 0 Å². The van der Waals surface area contributed by atoms with Gasteiger partial charge in [-0.25, -0.2) is 15.0 Å². The molecule has 3 heterocycles. The average Bonchev–Trinajstić information content (AvgIpc) is 2.86. The molecule has 0 N–H and O–H groups in total. The maximum Gasteiger partial charge on any atom is 0.219 e. The molecule has 1 aliphatic rings. The topological polar surface area (TPSA) is 59.0 Å². The third-order valence-electron chi connectivity index (χ3n) is 4.39. The lowest BCUT2D eigenvalue weighted by Gasteiger charge is -2.31. The molecule has 0 saturated carbocycles. The number of piperidine rings is 1. The van der Waals surface area contributed by atoms with Gasteiger partial charge in [-0.15, -0.1) is 11.3 Å². The third kappa shape index (κ3) is 3.42. The van der Waals surface area contributed by atoms with Gasteiger partial charge in [0.2, 0.25) is 5.91 Å². The molecule has 2 aromatic heterocycles. The molecular formula is C17H22N4OS. The van der Waals surface area contributed by atoms with Crippen LogP contribution in [-0.4, -0.2) is 38.8 Å². The summed E-state index contributed by atoms with van der Waals surface area (Å²) in [6, 6.07) is 2.05. The zero-order chi connectivity index (χ0) is 16.6. The highest BCUT2D eigenvalue weighted by molar-refractivity contribution is 7.15. The summed E-state index contributed by atoms with van der Waals surface area (Å²) in [5.74, 6) is 1.20. The molecule has 6 heteroatoms. The molecule has 3 rings (SSSR count). The molecule has 2 aromatic rings. The molecule has 23 heavy (non-hydrogen) atoms.